The molecule has 0 bridgehead atoms. The van der Waals surface area contributed by atoms with Crippen LogP contribution in [0, 0.1) is 23.1 Å². The highest BCUT2D eigenvalue weighted by molar-refractivity contribution is 5.91. The Morgan fingerprint density at radius 2 is 1.77 bits per heavy atom. The van der Waals surface area contributed by atoms with Gasteiger partial charge in [-0.15, -0.1) is 5.10 Å². The maximum absolute atomic E-state index is 14.1. The van der Waals surface area contributed by atoms with Crippen LogP contribution in [0.5, 0.6) is 0 Å². The van der Waals surface area contributed by atoms with E-state index in [0.717, 1.165) is 30.4 Å². The molecule has 0 spiro atoms. The monoisotopic (exact) mass is 604 g/mol. The molecule has 2 fully saturated rings. The Bertz CT molecular complexity index is 1490. The topological polar surface area (TPSA) is 125 Å². The van der Waals surface area contributed by atoms with E-state index in [0.29, 0.717) is 37.6 Å². The Kier molecular flexibility index (Phi) is 9.26. The Balaban J connectivity index is 1.29. The van der Waals surface area contributed by atoms with Crippen LogP contribution in [0.4, 0.5) is 14.9 Å². The van der Waals surface area contributed by atoms with E-state index < -0.39 is 23.4 Å². The summed E-state index contributed by atoms with van der Waals surface area (Å²) in [5, 5.41) is 17.5. The van der Waals surface area contributed by atoms with Crippen LogP contribution in [0.2, 0.25) is 0 Å². The molecule has 2 N–H and O–H groups in total. The third-order valence-corrected chi connectivity index (χ3v) is 8.44. The van der Waals surface area contributed by atoms with Crippen molar-refractivity contribution in [3.05, 3.63) is 59.9 Å². The molecule has 2 aliphatic heterocycles. The van der Waals surface area contributed by atoms with E-state index in [9.17, 15) is 18.8 Å². The van der Waals surface area contributed by atoms with Gasteiger partial charge in [-0.05, 0) is 71.9 Å². The number of halogens is 1. The predicted octanol–water partition coefficient (Wildman–Crippen LogP) is 3.88. The van der Waals surface area contributed by atoms with Gasteiger partial charge in [-0.2, -0.15) is 0 Å². The molecule has 1 aromatic heterocycles. The van der Waals surface area contributed by atoms with Crippen molar-refractivity contribution in [3.63, 3.8) is 0 Å². The van der Waals surface area contributed by atoms with Gasteiger partial charge in [0, 0.05) is 55.9 Å². The lowest BCUT2D eigenvalue weighted by Crippen LogP contribution is -2.59. The van der Waals surface area contributed by atoms with Crippen molar-refractivity contribution < 1.29 is 18.8 Å². The van der Waals surface area contributed by atoms with E-state index in [4.69, 9.17) is 0 Å². The molecule has 2 aromatic carbocycles. The third-order valence-electron chi connectivity index (χ3n) is 8.44. The molecular formula is C32H41FN8O3. The number of benzene rings is 2. The Hall–Kier alpha value is -4.35. The molecule has 11 nitrogen and oxygen atoms in total. The number of nitrogens with zero attached hydrogens (tertiary/aromatic N) is 6. The number of piperidine rings is 2. The minimum atomic E-state index is -0.583. The van der Waals surface area contributed by atoms with E-state index in [1.54, 1.807) is 47.0 Å². The molecule has 0 saturated carbocycles. The quantitative estimate of drug-likeness (QED) is 0.440. The molecule has 0 radical (unpaired) electrons. The standard InChI is InChI=1S/C32H41FN8O3/c1-32(2,3)30(43)41-16-14-27(35-31(44)34-25-9-5-8-23(18-25)28-36-37-38-39(28)4)26(20-41)29(42)40-15-6-7-22(19-40)17-21-10-12-24(33)13-11-21/h5,8-13,18,22,26-27H,6-7,14-17,19-20H2,1-4H3,(H2,34,35,44)/t22-,26+,27?/m1/s1. The van der Waals surface area contributed by atoms with Crippen LogP contribution >= 0.6 is 0 Å². The van der Waals surface area contributed by atoms with E-state index in [-0.39, 0.29) is 30.1 Å². The summed E-state index contributed by atoms with van der Waals surface area (Å²) in [7, 11) is 1.74. The number of nitrogens with one attached hydrogen (secondary N) is 2. The number of hydrogen-bond acceptors (Lipinski definition) is 6. The fourth-order valence-electron chi connectivity index (χ4n) is 6.20. The summed E-state index contributed by atoms with van der Waals surface area (Å²) < 4.78 is 15.0. The van der Waals surface area contributed by atoms with Crippen molar-refractivity contribution in [1.82, 2.24) is 35.3 Å². The van der Waals surface area contributed by atoms with Crippen LogP contribution in [0.25, 0.3) is 11.4 Å². The maximum atomic E-state index is 14.1. The first-order chi connectivity index (χ1) is 21.0. The second-order valence-electron chi connectivity index (χ2n) is 12.9. The summed E-state index contributed by atoms with van der Waals surface area (Å²) in [6, 6.07) is 12.9. The summed E-state index contributed by atoms with van der Waals surface area (Å²) in [5.74, 6) is -0.0984. The van der Waals surface area contributed by atoms with Gasteiger partial charge < -0.3 is 20.4 Å². The van der Waals surface area contributed by atoms with E-state index in [1.165, 1.54) is 12.1 Å². The molecule has 5 rings (SSSR count). The van der Waals surface area contributed by atoms with Crippen LogP contribution in [0.3, 0.4) is 0 Å². The van der Waals surface area contributed by atoms with Crippen molar-refractivity contribution in [3.8, 4) is 11.4 Å². The van der Waals surface area contributed by atoms with Crippen LogP contribution in [0.1, 0.15) is 45.6 Å². The summed E-state index contributed by atoms with van der Waals surface area (Å²) in [6.07, 6.45) is 3.07. The zero-order valence-electron chi connectivity index (χ0n) is 25.8. The maximum Gasteiger partial charge on any atom is 0.319 e. The van der Waals surface area contributed by atoms with Gasteiger partial charge >= 0.3 is 6.03 Å². The van der Waals surface area contributed by atoms with Crippen LogP contribution in [0.15, 0.2) is 48.5 Å². The first kappa shape index (κ1) is 31.1. The highest BCUT2D eigenvalue weighted by Gasteiger charge is 2.41. The van der Waals surface area contributed by atoms with Crippen LogP contribution in [-0.2, 0) is 23.1 Å². The van der Waals surface area contributed by atoms with Crippen LogP contribution in [-0.4, -0.2) is 80.1 Å². The molecule has 0 aliphatic carbocycles. The van der Waals surface area contributed by atoms with Crippen molar-refractivity contribution in [2.45, 2.75) is 52.5 Å². The number of rotatable bonds is 6. The fraction of sp³-hybridized carbons (Fsp3) is 0.500. The second kappa shape index (κ2) is 13.1. The normalized spacial score (nSPS) is 20.7. The van der Waals surface area contributed by atoms with Crippen molar-refractivity contribution in [2.24, 2.45) is 24.3 Å². The number of urea groups is 1. The number of carbonyl (C=O) groups is 3. The fourth-order valence-corrected chi connectivity index (χ4v) is 6.20. The summed E-state index contributed by atoms with van der Waals surface area (Å²) in [5.41, 5.74) is 1.77. The number of likely N-dealkylation sites (tertiary alicyclic amines) is 2. The molecule has 234 valence electrons. The van der Waals surface area contributed by atoms with Crippen molar-refractivity contribution in [1.29, 1.82) is 0 Å². The zero-order valence-corrected chi connectivity index (χ0v) is 25.8. The Labute approximate surface area is 257 Å². The lowest BCUT2D eigenvalue weighted by Gasteiger charge is -2.43. The average Bonchev–Trinajstić information content (AvgIpc) is 3.43. The van der Waals surface area contributed by atoms with Gasteiger partial charge in [0.15, 0.2) is 5.82 Å². The lowest BCUT2D eigenvalue weighted by atomic mass is 9.86. The number of carbonyl (C=O) groups excluding carboxylic acids is 3. The summed E-state index contributed by atoms with van der Waals surface area (Å²) in [4.78, 5) is 44.2. The Morgan fingerprint density at radius 1 is 1.00 bits per heavy atom. The number of aromatic nitrogens is 4. The molecule has 4 amide bonds. The smallest absolute Gasteiger partial charge is 0.319 e. The van der Waals surface area contributed by atoms with Gasteiger partial charge in [-0.1, -0.05) is 45.0 Å². The van der Waals surface area contributed by atoms with E-state index in [2.05, 4.69) is 26.2 Å². The average molecular weight is 605 g/mol. The highest BCUT2D eigenvalue weighted by Crippen LogP contribution is 2.28. The van der Waals surface area contributed by atoms with Gasteiger partial charge in [0.1, 0.15) is 5.82 Å². The SMILES string of the molecule is Cn1nnnc1-c1cccc(NC(=O)NC2CCN(C(=O)C(C)(C)C)C[C@@H]2C(=O)N2CCC[C@H](Cc3ccc(F)cc3)C2)c1. The van der Waals surface area contributed by atoms with E-state index >= 15 is 0 Å². The highest BCUT2D eigenvalue weighted by atomic mass is 19.1. The number of hydrogen-bond donors (Lipinski definition) is 2. The third kappa shape index (κ3) is 7.40. The molecule has 1 unspecified atom stereocenters. The van der Waals surface area contributed by atoms with Gasteiger partial charge in [0.25, 0.3) is 0 Å². The summed E-state index contributed by atoms with van der Waals surface area (Å²) in [6.45, 7) is 7.54. The summed E-state index contributed by atoms with van der Waals surface area (Å²) >= 11 is 0. The van der Waals surface area contributed by atoms with Gasteiger partial charge in [0.05, 0.1) is 5.92 Å². The lowest BCUT2D eigenvalue weighted by molar-refractivity contribution is -0.147. The molecule has 44 heavy (non-hydrogen) atoms. The van der Waals surface area contributed by atoms with Gasteiger partial charge in [0.2, 0.25) is 11.8 Å². The second-order valence-corrected chi connectivity index (χ2v) is 12.9. The minimum Gasteiger partial charge on any atom is -0.342 e. The molecule has 3 heterocycles. The Morgan fingerprint density at radius 3 is 2.48 bits per heavy atom. The van der Waals surface area contributed by atoms with E-state index in [1.807, 2.05) is 31.7 Å². The minimum absolute atomic E-state index is 0.0129. The number of anilines is 1. The van der Waals surface area contributed by atoms with Crippen molar-refractivity contribution >= 4 is 23.5 Å². The van der Waals surface area contributed by atoms with Gasteiger partial charge in [-0.25, -0.2) is 13.9 Å². The number of amides is 4. The zero-order chi connectivity index (χ0) is 31.4. The molecule has 3 aromatic rings. The molecule has 12 heteroatoms. The van der Waals surface area contributed by atoms with Crippen LogP contribution < -0.4 is 10.6 Å². The number of tetrazole rings is 1. The number of aryl methyl sites for hydroxylation is 1. The molecule has 3 atom stereocenters. The predicted molar refractivity (Wildman–Crippen MR) is 164 cm³/mol. The molecular weight excluding hydrogens is 563 g/mol. The first-order valence-corrected chi connectivity index (χ1v) is 15.2. The molecule has 2 aliphatic rings. The van der Waals surface area contributed by atoms with Crippen molar-refractivity contribution in [2.75, 3.05) is 31.5 Å². The molecule has 2 saturated heterocycles. The van der Waals surface area contributed by atoms with Gasteiger partial charge in [-0.3, -0.25) is 9.59 Å². The first-order valence-electron chi connectivity index (χ1n) is 15.2. The largest absolute Gasteiger partial charge is 0.342 e.